The zero-order valence-electron chi connectivity index (χ0n) is 10.0. The average Bonchev–Trinajstić information content (AvgIpc) is 2.36. The minimum atomic E-state index is -1.61. The van der Waals surface area contributed by atoms with Crippen LogP contribution in [-0.4, -0.2) is 30.3 Å². The number of carbonyl (C=O) groups is 1. The van der Waals surface area contributed by atoms with Gasteiger partial charge in [0.1, 0.15) is 0 Å². The summed E-state index contributed by atoms with van der Waals surface area (Å²) in [5.74, 6) is -0.709. The Balaban J connectivity index is 2.76. The van der Waals surface area contributed by atoms with Crippen LogP contribution in [0.3, 0.4) is 0 Å². The lowest BCUT2D eigenvalue weighted by Crippen LogP contribution is -2.42. The Morgan fingerprint density at radius 1 is 1.67 bits per heavy atom. The third kappa shape index (κ3) is 3.45. The smallest absolute Gasteiger partial charge is 0.339 e. The van der Waals surface area contributed by atoms with E-state index in [1.165, 1.54) is 14.0 Å². The van der Waals surface area contributed by atoms with Gasteiger partial charge in [0.2, 0.25) is 0 Å². The number of carbonyl (C=O) groups excluding carboxylic acids is 1. The van der Waals surface area contributed by atoms with Crippen molar-refractivity contribution in [1.29, 1.82) is 5.26 Å². The Hall–Kier alpha value is -1.58. The maximum atomic E-state index is 11.3. The Bertz CT molecular complexity index is 495. The molecule has 0 aliphatic heterocycles. The number of ether oxygens (including phenoxy) is 1. The van der Waals surface area contributed by atoms with E-state index < -0.39 is 11.6 Å². The van der Waals surface area contributed by atoms with Gasteiger partial charge in [-0.25, -0.2) is 4.79 Å². The van der Waals surface area contributed by atoms with Crippen molar-refractivity contribution >= 4 is 27.6 Å². The molecule has 0 fully saturated rings. The molecule has 0 heterocycles. The van der Waals surface area contributed by atoms with Crippen molar-refractivity contribution in [2.24, 2.45) is 0 Å². The van der Waals surface area contributed by atoms with Gasteiger partial charge in [-0.15, -0.1) is 0 Å². The minimum Gasteiger partial charge on any atom is -0.467 e. The van der Waals surface area contributed by atoms with Gasteiger partial charge < -0.3 is 15.2 Å². The molecule has 0 amide bonds. The summed E-state index contributed by atoms with van der Waals surface area (Å²) < 4.78 is 5.17. The van der Waals surface area contributed by atoms with Crippen LogP contribution in [0.2, 0.25) is 0 Å². The molecule has 5 nitrogen and oxygen atoms in total. The lowest BCUT2D eigenvalue weighted by molar-refractivity contribution is -0.158. The van der Waals surface area contributed by atoms with Crippen LogP contribution in [0.1, 0.15) is 12.5 Å². The second-order valence-corrected chi connectivity index (χ2v) is 4.78. The van der Waals surface area contributed by atoms with Crippen LogP contribution in [-0.2, 0) is 9.53 Å². The van der Waals surface area contributed by atoms with Gasteiger partial charge >= 0.3 is 5.97 Å². The molecule has 1 aromatic rings. The van der Waals surface area contributed by atoms with Gasteiger partial charge in [-0.05, 0) is 41.1 Å². The first-order valence-corrected chi connectivity index (χ1v) is 5.94. The van der Waals surface area contributed by atoms with Gasteiger partial charge in [0.15, 0.2) is 5.60 Å². The molecule has 1 atom stereocenters. The molecule has 96 valence electrons. The molecule has 0 aromatic heterocycles. The number of hydrogen-bond donors (Lipinski definition) is 2. The summed E-state index contributed by atoms with van der Waals surface area (Å²) in [6.07, 6.45) is 0. The number of halogens is 1. The minimum absolute atomic E-state index is 0.00414. The monoisotopic (exact) mass is 312 g/mol. The molecule has 0 aliphatic carbocycles. The van der Waals surface area contributed by atoms with E-state index in [1.807, 2.05) is 6.07 Å². The summed E-state index contributed by atoms with van der Waals surface area (Å²) in [5.41, 5.74) is -0.410. The number of nitrogens with zero attached hydrogens (tertiary/aromatic N) is 1. The second kappa shape index (κ2) is 5.85. The van der Waals surface area contributed by atoms with Crippen molar-refractivity contribution in [2.75, 3.05) is 19.0 Å². The van der Waals surface area contributed by atoms with Gasteiger partial charge in [0.05, 0.1) is 25.3 Å². The van der Waals surface area contributed by atoms with Gasteiger partial charge in [-0.3, -0.25) is 0 Å². The molecule has 1 unspecified atom stereocenters. The van der Waals surface area contributed by atoms with E-state index in [2.05, 4.69) is 26.0 Å². The summed E-state index contributed by atoms with van der Waals surface area (Å²) in [4.78, 5) is 11.3. The van der Waals surface area contributed by atoms with Gasteiger partial charge in [-0.2, -0.15) is 5.26 Å². The highest BCUT2D eigenvalue weighted by Gasteiger charge is 2.31. The van der Waals surface area contributed by atoms with Crippen molar-refractivity contribution < 1.29 is 14.6 Å². The average molecular weight is 313 g/mol. The third-order valence-corrected chi connectivity index (χ3v) is 3.00. The molecule has 0 saturated carbocycles. The van der Waals surface area contributed by atoms with Crippen molar-refractivity contribution in [2.45, 2.75) is 12.5 Å². The van der Waals surface area contributed by atoms with Crippen LogP contribution in [0, 0.1) is 11.3 Å². The van der Waals surface area contributed by atoms with Crippen molar-refractivity contribution in [1.82, 2.24) is 0 Å². The van der Waals surface area contributed by atoms with E-state index in [1.54, 1.807) is 18.2 Å². The van der Waals surface area contributed by atoms with Gasteiger partial charge in [0, 0.05) is 10.2 Å². The van der Waals surface area contributed by atoms with Gasteiger partial charge in [-0.1, -0.05) is 0 Å². The first kappa shape index (κ1) is 14.5. The topological polar surface area (TPSA) is 82.3 Å². The van der Waals surface area contributed by atoms with Crippen LogP contribution in [0.15, 0.2) is 22.7 Å². The molecule has 1 rings (SSSR count). The van der Waals surface area contributed by atoms with Crippen LogP contribution < -0.4 is 5.32 Å². The first-order chi connectivity index (χ1) is 8.40. The zero-order chi connectivity index (χ0) is 13.8. The number of aliphatic hydroxyl groups is 1. The highest BCUT2D eigenvalue weighted by Crippen LogP contribution is 2.24. The molecule has 2 N–H and O–H groups in total. The molecule has 1 aromatic carbocycles. The number of hydrogen-bond acceptors (Lipinski definition) is 5. The van der Waals surface area contributed by atoms with Gasteiger partial charge in [0.25, 0.3) is 0 Å². The number of benzene rings is 1. The number of methoxy groups -OCH3 is 1. The predicted molar refractivity (Wildman–Crippen MR) is 70.0 cm³/mol. The zero-order valence-corrected chi connectivity index (χ0v) is 11.6. The lowest BCUT2D eigenvalue weighted by Gasteiger charge is -2.21. The summed E-state index contributed by atoms with van der Waals surface area (Å²) in [6, 6.07) is 6.99. The maximum Gasteiger partial charge on any atom is 0.339 e. The molecule has 0 radical (unpaired) electrons. The fourth-order valence-corrected chi connectivity index (χ4v) is 1.81. The molecular formula is C12H13BrN2O3. The normalized spacial score (nSPS) is 13.3. The van der Waals surface area contributed by atoms with Crippen LogP contribution in [0.5, 0.6) is 0 Å². The standard InChI is InChI=1S/C12H13BrN2O3/c1-12(17,11(16)18-2)7-15-10-4-3-8(6-14)5-9(10)13/h3-5,15,17H,7H2,1-2H3. The summed E-state index contributed by atoms with van der Waals surface area (Å²) in [7, 11) is 1.22. The molecular weight excluding hydrogens is 300 g/mol. The van der Waals surface area contributed by atoms with Crippen molar-refractivity contribution in [3.63, 3.8) is 0 Å². The fourth-order valence-electron chi connectivity index (χ4n) is 1.29. The Morgan fingerprint density at radius 3 is 2.83 bits per heavy atom. The SMILES string of the molecule is COC(=O)C(C)(O)CNc1ccc(C#N)cc1Br. The van der Waals surface area contributed by atoms with E-state index in [0.717, 1.165) is 0 Å². The summed E-state index contributed by atoms with van der Waals surface area (Å²) in [6.45, 7) is 1.37. The quantitative estimate of drug-likeness (QED) is 0.826. The summed E-state index contributed by atoms with van der Waals surface area (Å²) >= 11 is 3.30. The van der Waals surface area contributed by atoms with Crippen LogP contribution in [0.4, 0.5) is 5.69 Å². The number of nitriles is 1. The maximum absolute atomic E-state index is 11.3. The second-order valence-electron chi connectivity index (χ2n) is 3.93. The summed E-state index contributed by atoms with van der Waals surface area (Å²) in [5, 5.41) is 21.5. The predicted octanol–water partition coefficient (Wildman–Crippen LogP) is 1.66. The van der Waals surface area contributed by atoms with E-state index in [9.17, 15) is 9.90 Å². The van der Waals surface area contributed by atoms with E-state index >= 15 is 0 Å². The fraction of sp³-hybridized carbons (Fsp3) is 0.333. The molecule has 0 bridgehead atoms. The number of anilines is 1. The molecule has 0 spiro atoms. The number of nitrogens with one attached hydrogen (secondary N) is 1. The molecule has 18 heavy (non-hydrogen) atoms. The molecule has 6 heteroatoms. The first-order valence-electron chi connectivity index (χ1n) is 5.15. The lowest BCUT2D eigenvalue weighted by atomic mass is 10.1. The van der Waals surface area contributed by atoms with E-state index in [-0.39, 0.29) is 6.54 Å². The van der Waals surface area contributed by atoms with Crippen LogP contribution in [0.25, 0.3) is 0 Å². The van der Waals surface area contributed by atoms with E-state index in [0.29, 0.717) is 15.7 Å². The Kier molecular flexibility index (Phi) is 4.70. The highest BCUT2D eigenvalue weighted by molar-refractivity contribution is 9.10. The Morgan fingerprint density at radius 2 is 2.33 bits per heavy atom. The number of rotatable bonds is 4. The van der Waals surface area contributed by atoms with Crippen molar-refractivity contribution in [3.8, 4) is 6.07 Å². The molecule has 0 aliphatic rings. The third-order valence-electron chi connectivity index (χ3n) is 2.35. The molecule has 0 saturated heterocycles. The highest BCUT2D eigenvalue weighted by atomic mass is 79.9. The van der Waals surface area contributed by atoms with Crippen molar-refractivity contribution in [3.05, 3.63) is 28.2 Å². The largest absolute Gasteiger partial charge is 0.467 e. The van der Waals surface area contributed by atoms with Crippen LogP contribution >= 0.6 is 15.9 Å². The van der Waals surface area contributed by atoms with E-state index in [4.69, 9.17) is 5.26 Å². The number of esters is 1. The Labute approximate surface area is 114 Å².